The second-order valence-electron chi connectivity index (χ2n) is 4.61. The molecule has 0 fully saturated rings. The van der Waals surface area contributed by atoms with Gasteiger partial charge in [-0.05, 0) is 24.1 Å². The fourth-order valence-electron chi connectivity index (χ4n) is 1.67. The molecule has 0 bridgehead atoms. The van der Waals surface area contributed by atoms with Crippen molar-refractivity contribution < 1.29 is 14.3 Å². The number of nitrogens with one attached hydrogen (secondary N) is 1. The maximum Gasteiger partial charge on any atom is 0.311 e. The van der Waals surface area contributed by atoms with Gasteiger partial charge < -0.3 is 15.0 Å². The van der Waals surface area contributed by atoms with E-state index >= 15 is 0 Å². The molecule has 0 aliphatic rings. The first-order valence-corrected chi connectivity index (χ1v) is 6.74. The van der Waals surface area contributed by atoms with E-state index in [2.05, 4.69) is 5.32 Å². The summed E-state index contributed by atoms with van der Waals surface area (Å²) in [6.07, 6.45) is 1.89. The summed E-state index contributed by atoms with van der Waals surface area (Å²) in [5, 5.41) is 2.62. The van der Waals surface area contributed by atoms with Gasteiger partial charge in [0, 0.05) is 20.1 Å². The van der Waals surface area contributed by atoms with Gasteiger partial charge in [0.1, 0.15) is 5.75 Å². The van der Waals surface area contributed by atoms with Gasteiger partial charge in [-0.15, -0.1) is 0 Å². The van der Waals surface area contributed by atoms with Crippen LogP contribution >= 0.6 is 0 Å². The second kappa shape index (κ2) is 8.19. The number of rotatable bonds is 6. The Morgan fingerprint density at radius 1 is 1.25 bits per heavy atom. The highest BCUT2D eigenvalue weighted by molar-refractivity contribution is 6.34. The molecule has 0 saturated heterocycles. The third kappa shape index (κ3) is 4.91. The summed E-state index contributed by atoms with van der Waals surface area (Å²) < 4.78 is 5.05. The highest BCUT2D eigenvalue weighted by atomic mass is 16.5. The smallest absolute Gasteiger partial charge is 0.311 e. The molecule has 0 aliphatic carbocycles. The maximum absolute atomic E-state index is 11.8. The van der Waals surface area contributed by atoms with Crippen molar-refractivity contribution in [2.75, 3.05) is 20.7 Å². The van der Waals surface area contributed by atoms with E-state index in [1.54, 1.807) is 14.2 Å². The van der Waals surface area contributed by atoms with Crippen molar-refractivity contribution in [3.05, 3.63) is 29.8 Å². The Bertz CT molecular complexity index is 443. The van der Waals surface area contributed by atoms with Gasteiger partial charge in [0.25, 0.3) is 0 Å². The van der Waals surface area contributed by atoms with Crippen molar-refractivity contribution in [2.45, 2.75) is 26.3 Å². The van der Waals surface area contributed by atoms with Crippen molar-refractivity contribution in [1.82, 2.24) is 10.2 Å². The van der Waals surface area contributed by atoms with Crippen LogP contribution in [0.15, 0.2) is 24.3 Å². The number of hydrogen-bond donors (Lipinski definition) is 1. The Kier molecular flexibility index (Phi) is 6.56. The van der Waals surface area contributed by atoms with Gasteiger partial charge in [-0.2, -0.15) is 0 Å². The number of ether oxygens (including phenoxy) is 1. The Hall–Kier alpha value is -2.04. The summed E-state index contributed by atoms with van der Waals surface area (Å²) in [5.41, 5.74) is 0.920. The number of unbranched alkanes of at least 4 members (excludes halogenated alkanes) is 1. The second-order valence-corrected chi connectivity index (χ2v) is 4.61. The summed E-state index contributed by atoms with van der Waals surface area (Å²) in [7, 11) is 3.24. The fourth-order valence-corrected chi connectivity index (χ4v) is 1.67. The Labute approximate surface area is 119 Å². The summed E-state index contributed by atoms with van der Waals surface area (Å²) in [5.74, 6) is -0.304. The number of amides is 2. The van der Waals surface area contributed by atoms with Crippen LogP contribution in [0.4, 0.5) is 0 Å². The van der Waals surface area contributed by atoms with Crippen LogP contribution in [-0.4, -0.2) is 37.4 Å². The number of hydrogen-bond acceptors (Lipinski definition) is 3. The molecule has 0 unspecified atom stereocenters. The lowest BCUT2D eigenvalue weighted by atomic mass is 10.2. The van der Waals surface area contributed by atoms with Crippen molar-refractivity contribution in [2.24, 2.45) is 0 Å². The summed E-state index contributed by atoms with van der Waals surface area (Å²) in [6, 6.07) is 7.34. The van der Waals surface area contributed by atoms with Gasteiger partial charge in [-0.25, -0.2) is 0 Å². The molecule has 1 aromatic rings. The average Bonchev–Trinajstić information content (AvgIpc) is 2.49. The molecule has 0 aromatic heterocycles. The molecular weight excluding hydrogens is 256 g/mol. The average molecular weight is 278 g/mol. The minimum absolute atomic E-state index is 0.330. The summed E-state index contributed by atoms with van der Waals surface area (Å²) >= 11 is 0. The highest BCUT2D eigenvalue weighted by Gasteiger charge is 2.17. The van der Waals surface area contributed by atoms with Crippen molar-refractivity contribution in [3.63, 3.8) is 0 Å². The van der Waals surface area contributed by atoms with Crippen molar-refractivity contribution >= 4 is 11.8 Å². The van der Waals surface area contributed by atoms with Crippen LogP contribution in [0.25, 0.3) is 0 Å². The largest absolute Gasteiger partial charge is 0.497 e. The number of nitrogens with zero attached hydrogens (tertiary/aromatic N) is 1. The molecule has 110 valence electrons. The number of carbonyl (C=O) groups excluding carboxylic acids is 2. The van der Waals surface area contributed by atoms with Crippen LogP contribution in [-0.2, 0) is 16.1 Å². The Balaban J connectivity index is 2.43. The van der Waals surface area contributed by atoms with E-state index in [-0.39, 0.29) is 0 Å². The SMILES string of the molecule is CCCCN(C)C(=O)C(=O)NCc1ccc(OC)cc1. The molecule has 0 aliphatic heterocycles. The lowest BCUT2D eigenvalue weighted by Crippen LogP contribution is -2.41. The van der Waals surface area contributed by atoms with Gasteiger partial charge in [0.15, 0.2) is 0 Å². The molecule has 0 heterocycles. The zero-order chi connectivity index (χ0) is 15.0. The van der Waals surface area contributed by atoms with Crippen LogP contribution in [0.2, 0.25) is 0 Å². The van der Waals surface area contributed by atoms with Crippen LogP contribution in [0, 0.1) is 0 Å². The number of likely N-dealkylation sites (N-methyl/N-ethyl adjacent to an activating group) is 1. The quantitative estimate of drug-likeness (QED) is 0.804. The van der Waals surface area contributed by atoms with Crippen LogP contribution < -0.4 is 10.1 Å². The van der Waals surface area contributed by atoms with Gasteiger partial charge in [0.05, 0.1) is 7.11 Å². The van der Waals surface area contributed by atoms with E-state index in [9.17, 15) is 9.59 Å². The van der Waals surface area contributed by atoms with E-state index in [1.807, 2.05) is 31.2 Å². The maximum atomic E-state index is 11.8. The van der Waals surface area contributed by atoms with Crippen molar-refractivity contribution in [3.8, 4) is 5.75 Å². The topological polar surface area (TPSA) is 58.6 Å². The highest BCUT2D eigenvalue weighted by Crippen LogP contribution is 2.10. The monoisotopic (exact) mass is 278 g/mol. The lowest BCUT2D eigenvalue weighted by molar-refractivity contribution is -0.145. The number of benzene rings is 1. The predicted octanol–water partition coefficient (Wildman–Crippen LogP) is 1.57. The summed E-state index contributed by atoms with van der Waals surface area (Å²) in [6.45, 7) is 2.98. The third-order valence-electron chi connectivity index (χ3n) is 3.00. The van der Waals surface area contributed by atoms with Gasteiger partial charge in [0.2, 0.25) is 0 Å². The molecule has 1 rings (SSSR count). The molecule has 5 nitrogen and oxygen atoms in total. The van der Waals surface area contributed by atoms with Gasteiger partial charge in [-0.3, -0.25) is 9.59 Å². The molecule has 20 heavy (non-hydrogen) atoms. The summed E-state index contributed by atoms with van der Waals surface area (Å²) in [4.78, 5) is 24.9. The minimum Gasteiger partial charge on any atom is -0.497 e. The molecule has 2 amide bonds. The van der Waals surface area contributed by atoms with Gasteiger partial charge >= 0.3 is 11.8 Å². The van der Waals surface area contributed by atoms with E-state index in [0.717, 1.165) is 24.2 Å². The standard InChI is InChI=1S/C15H22N2O3/c1-4-5-10-17(2)15(19)14(18)16-11-12-6-8-13(20-3)9-7-12/h6-9H,4-5,10-11H2,1-3H3,(H,16,18). The first-order valence-electron chi connectivity index (χ1n) is 6.74. The number of carbonyl (C=O) groups is 2. The molecule has 1 aromatic carbocycles. The number of methoxy groups -OCH3 is 1. The third-order valence-corrected chi connectivity index (χ3v) is 3.00. The van der Waals surface area contributed by atoms with Crippen LogP contribution in [0.3, 0.4) is 0 Å². The molecule has 0 saturated carbocycles. The molecule has 0 spiro atoms. The molecule has 0 atom stereocenters. The fraction of sp³-hybridized carbons (Fsp3) is 0.467. The zero-order valence-electron chi connectivity index (χ0n) is 12.3. The van der Waals surface area contributed by atoms with E-state index in [4.69, 9.17) is 4.74 Å². The molecule has 0 radical (unpaired) electrons. The molecule has 1 N–H and O–H groups in total. The first-order chi connectivity index (χ1) is 9.58. The lowest BCUT2D eigenvalue weighted by Gasteiger charge is -2.16. The predicted molar refractivity (Wildman–Crippen MR) is 77.4 cm³/mol. The van der Waals surface area contributed by atoms with E-state index < -0.39 is 11.8 Å². The van der Waals surface area contributed by atoms with Gasteiger partial charge in [-0.1, -0.05) is 25.5 Å². The minimum atomic E-state index is -0.570. The Morgan fingerprint density at radius 2 is 1.90 bits per heavy atom. The van der Waals surface area contributed by atoms with Crippen LogP contribution in [0.5, 0.6) is 5.75 Å². The van der Waals surface area contributed by atoms with E-state index in [1.165, 1.54) is 4.90 Å². The molecule has 5 heteroatoms. The Morgan fingerprint density at radius 3 is 2.45 bits per heavy atom. The first kappa shape index (κ1) is 16.0. The zero-order valence-corrected chi connectivity index (χ0v) is 12.3. The molecular formula is C15H22N2O3. The van der Waals surface area contributed by atoms with Crippen LogP contribution in [0.1, 0.15) is 25.3 Å². The van der Waals surface area contributed by atoms with Crippen molar-refractivity contribution in [1.29, 1.82) is 0 Å². The van der Waals surface area contributed by atoms with E-state index in [0.29, 0.717) is 13.1 Å². The normalized spacial score (nSPS) is 9.95.